The Morgan fingerprint density at radius 3 is 2.39 bits per heavy atom. The molecule has 31 heavy (non-hydrogen) atoms. The van der Waals surface area contributed by atoms with Gasteiger partial charge in [-0.05, 0) is 49.2 Å². The molecule has 1 aliphatic rings. The van der Waals surface area contributed by atoms with Gasteiger partial charge in [-0.1, -0.05) is 37.9 Å². The molecule has 4 rings (SSSR count). The molecular weight excluding hydrogens is 410 g/mol. The molecule has 0 bridgehead atoms. The fourth-order valence-corrected chi connectivity index (χ4v) is 4.76. The summed E-state index contributed by atoms with van der Waals surface area (Å²) < 4.78 is 2.23. The summed E-state index contributed by atoms with van der Waals surface area (Å²) in [5, 5.41) is 6.57. The lowest BCUT2D eigenvalue weighted by atomic mass is 9.95. The predicted octanol–water partition coefficient (Wildman–Crippen LogP) is 5.02. The molecule has 2 aromatic heterocycles. The average Bonchev–Trinajstić information content (AvgIpc) is 3.18. The topological polar surface area (TPSA) is 88.9 Å². The second-order valence-corrected chi connectivity index (χ2v) is 8.66. The van der Waals surface area contributed by atoms with Crippen LogP contribution >= 0.6 is 11.8 Å². The van der Waals surface area contributed by atoms with Crippen LogP contribution in [0.15, 0.2) is 47.8 Å². The minimum atomic E-state index is -0.0921. The van der Waals surface area contributed by atoms with Crippen LogP contribution in [0.4, 0.5) is 11.4 Å². The number of carbonyl (C=O) groups is 2. The van der Waals surface area contributed by atoms with E-state index in [9.17, 15) is 9.59 Å². The van der Waals surface area contributed by atoms with Gasteiger partial charge in [0.05, 0.1) is 5.75 Å². The summed E-state index contributed by atoms with van der Waals surface area (Å²) in [6.07, 6.45) is 8.20. The van der Waals surface area contributed by atoms with Crippen LogP contribution in [0, 0.1) is 0 Å². The maximum atomic E-state index is 12.5. The van der Waals surface area contributed by atoms with Gasteiger partial charge in [-0.15, -0.1) is 0 Å². The van der Waals surface area contributed by atoms with E-state index in [1.807, 2.05) is 12.1 Å². The molecule has 2 heterocycles. The van der Waals surface area contributed by atoms with Gasteiger partial charge in [0.2, 0.25) is 11.8 Å². The predicted molar refractivity (Wildman–Crippen MR) is 124 cm³/mol. The van der Waals surface area contributed by atoms with E-state index in [0.717, 1.165) is 29.2 Å². The van der Waals surface area contributed by atoms with Gasteiger partial charge in [0.15, 0.2) is 10.8 Å². The summed E-state index contributed by atoms with van der Waals surface area (Å²) in [5.74, 6) is 0.138. The fraction of sp³-hybridized carbons (Fsp3) is 0.391. The van der Waals surface area contributed by atoms with Crippen LogP contribution in [0.1, 0.15) is 51.5 Å². The van der Waals surface area contributed by atoms with Crippen molar-refractivity contribution in [2.75, 3.05) is 16.4 Å². The number of nitrogens with one attached hydrogen (secondary N) is 2. The largest absolute Gasteiger partial charge is 0.326 e. The quantitative estimate of drug-likeness (QED) is 0.507. The van der Waals surface area contributed by atoms with Gasteiger partial charge in [0.1, 0.15) is 5.52 Å². The van der Waals surface area contributed by atoms with Crippen molar-refractivity contribution in [2.45, 2.75) is 56.6 Å². The number of carbonyl (C=O) groups excluding carboxylic acids is 2. The third-order valence-corrected chi connectivity index (χ3v) is 6.41. The smallest absolute Gasteiger partial charge is 0.234 e. The fourth-order valence-electron chi connectivity index (χ4n) is 3.89. The SMILES string of the molecule is CCC(=O)Nc1ccc(NC(=O)CSc2nc3cccnc3n2C2CCCCC2)cc1. The summed E-state index contributed by atoms with van der Waals surface area (Å²) in [6, 6.07) is 11.4. The summed E-state index contributed by atoms with van der Waals surface area (Å²) in [6.45, 7) is 1.81. The van der Waals surface area contributed by atoms with Crippen molar-refractivity contribution in [3.05, 3.63) is 42.6 Å². The zero-order valence-corrected chi connectivity index (χ0v) is 18.5. The summed E-state index contributed by atoms with van der Waals surface area (Å²) in [4.78, 5) is 33.3. The van der Waals surface area contributed by atoms with Crippen LogP contribution in [0.3, 0.4) is 0 Å². The van der Waals surface area contributed by atoms with Gasteiger partial charge in [0.25, 0.3) is 0 Å². The number of amides is 2. The van der Waals surface area contributed by atoms with Crippen LogP contribution in [-0.4, -0.2) is 32.1 Å². The zero-order chi connectivity index (χ0) is 21.6. The van der Waals surface area contributed by atoms with Crippen LogP contribution in [0.25, 0.3) is 11.2 Å². The van der Waals surface area contributed by atoms with Crippen molar-refractivity contribution < 1.29 is 9.59 Å². The van der Waals surface area contributed by atoms with Gasteiger partial charge >= 0.3 is 0 Å². The number of nitrogens with zero attached hydrogens (tertiary/aromatic N) is 3. The minimum absolute atomic E-state index is 0.0384. The number of hydrogen-bond acceptors (Lipinski definition) is 5. The van der Waals surface area contributed by atoms with Crippen LogP contribution < -0.4 is 10.6 Å². The maximum absolute atomic E-state index is 12.5. The molecule has 7 nitrogen and oxygen atoms in total. The molecule has 1 fully saturated rings. The van der Waals surface area contributed by atoms with E-state index < -0.39 is 0 Å². The number of fused-ring (bicyclic) bond motifs is 1. The average molecular weight is 438 g/mol. The Morgan fingerprint density at radius 1 is 1.03 bits per heavy atom. The molecule has 0 unspecified atom stereocenters. The Labute approximate surface area is 186 Å². The first kappa shape index (κ1) is 21.4. The Balaban J connectivity index is 1.42. The second kappa shape index (κ2) is 9.96. The zero-order valence-electron chi connectivity index (χ0n) is 17.6. The maximum Gasteiger partial charge on any atom is 0.234 e. The Kier molecular flexibility index (Phi) is 6.86. The normalized spacial score (nSPS) is 14.5. The van der Waals surface area contributed by atoms with E-state index in [1.54, 1.807) is 37.4 Å². The van der Waals surface area contributed by atoms with Gasteiger partial charge in [0, 0.05) is 30.0 Å². The molecular formula is C23H27N5O2S. The Morgan fingerprint density at radius 2 is 1.71 bits per heavy atom. The third kappa shape index (κ3) is 5.25. The van der Waals surface area contributed by atoms with Crippen LogP contribution in [0.5, 0.6) is 0 Å². The first-order valence-electron chi connectivity index (χ1n) is 10.8. The number of aromatic nitrogens is 3. The summed E-state index contributed by atoms with van der Waals surface area (Å²) in [5.41, 5.74) is 3.19. The highest BCUT2D eigenvalue weighted by molar-refractivity contribution is 7.99. The summed E-state index contributed by atoms with van der Waals surface area (Å²) >= 11 is 1.45. The molecule has 1 saturated carbocycles. The molecule has 0 radical (unpaired) electrons. The second-order valence-electron chi connectivity index (χ2n) is 7.72. The van der Waals surface area contributed by atoms with E-state index in [4.69, 9.17) is 4.98 Å². The van der Waals surface area contributed by atoms with Crippen molar-refractivity contribution >= 4 is 46.1 Å². The number of thioether (sulfide) groups is 1. The number of imidazole rings is 1. The lowest BCUT2D eigenvalue weighted by molar-refractivity contribution is -0.116. The minimum Gasteiger partial charge on any atom is -0.326 e. The van der Waals surface area contributed by atoms with E-state index in [1.165, 1.54) is 31.0 Å². The van der Waals surface area contributed by atoms with Gasteiger partial charge in [-0.25, -0.2) is 9.97 Å². The van der Waals surface area contributed by atoms with Crippen molar-refractivity contribution in [3.63, 3.8) is 0 Å². The van der Waals surface area contributed by atoms with Crippen molar-refractivity contribution in [1.82, 2.24) is 14.5 Å². The lowest BCUT2D eigenvalue weighted by Gasteiger charge is -2.24. The number of hydrogen-bond donors (Lipinski definition) is 2. The molecule has 3 aromatic rings. The molecule has 162 valence electrons. The number of pyridine rings is 1. The van der Waals surface area contributed by atoms with E-state index in [-0.39, 0.29) is 17.6 Å². The highest BCUT2D eigenvalue weighted by Crippen LogP contribution is 2.34. The molecule has 1 aliphatic carbocycles. The number of rotatable bonds is 7. The van der Waals surface area contributed by atoms with Gasteiger partial charge < -0.3 is 15.2 Å². The van der Waals surface area contributed by atoms with Crippen molar-refractivity contribution in [1.29, 1.82) is 0 Å². The van der Waals surface area contributed by atoms with E-state index >= 15 is 0 Å². The molecule has 1 aromatic carbocycles. The number of benzene rings is 1. The van der Waals surface area contributed by atoms with Crippen molar-refractivity contribution in [2.24, 2.45) is 0 Å². The van der Waals surface area contributed by atoms with Crippen LogP contribution in [0.2, 0.25) is 0 Å². The van der Waals surface area contributed by atoms with Gasteiger partial charge in [-0.3, -0.25) is 9.59 Å². The highest BCUT2D eigenvalue weighted by Gasteiger charge is 2.22. The molecule has 2 amide bonds. The first-order chi connectivity index (χ1) is 15.1. The first-order valence-corrected chi connectivity index (χ1v) is 11.8. The lowest BCUT2D eigenvalue weighted by Crippen LogP contribution is -2.17. The molecule has 8 heteroatoms. The molecule has 0 aliphatic heterocycles. The third-order valence-electron chi connectivity index (χ3n) is 5.46. The number of anilines is 2. The van der Waals surface area contributed by atoms with Gasteiger partial charge in [-0.2, -0.15) is 0 Å². The van der Waals surface area contributed by atoms with Crippen molar-refractivity contribution in [3.8, 4) is 0 Å². The standard InChI is InChI=1S/C23H27N5O2S/c1-2-20(29)25-16-10-12-17(13-11-16)26-21(30)15-31-23-27-19-9-6-14-24-22(19)28(23)18-7-4-3-5-8-18/h6,9-14,18H,2-5,7-8,15H2,1H3,(H,25,29)(H,26,30). The van der Waals surface area contributed by atoms with E-state index in [0.29, 0.717) is 23.8 Å². The highest BCUT2D eigenvalue weighted by atomic mass is 32.2. The summed E-state index contributed by atoms with van der Waals surface area (Å²) in [7, 11) is 0. The molecule has 0 saturated heterocycles. The van der Waals surface area contributed by atoms with E-state index in [2.05, 4.69) is 20.2 Å². The monoisotopic (exact) mass is 437 g/mol. The molecule has 0 atom stereocenters. The van der Waals surface area contributed by atoms with Crippen LogP contribution in [-0.2, 0) is 9.59 Å². The Bertz CT molecular complexity index is 1060. The molecule has 2 N–H and O–H groups in total. The Hall–Kier alpha value is -2.87. The molecule has 0 spiro atoms.